The highest BCUT2D eigenvalue weighted by Gasteiger charge is 2.12. The molecule has 0 fully saturated rings. The van der Waals surface area contributed by atoms with Gasteiger partial charge in [-0.05, 0) is 42.3 Å². The Morgan fingerprint density at radius 3 is 2.52 bits per heavy atom. The zero-order valence-corrected chi connectivity index (χ0v) is 15.5. The fraction of sp³-hybridized carbons (Fsp3) is 0.167. The van der Waals surface area contributed by atoms with Crippen LogP contribution in [0.2, 0.25) is 0 Å². The van der Waals surface area contributed by atoms with Crippen LogP contribution >= 0.6 is 15.9 Å². The summed E-state index contributed by atoms with van der Waals surface area (Å²) in [5.41, 5.74) is 4.55. The van der Waals surface area contributed by atoms with Gasteiger partial charge < -0.3 is 10.1 Å². The molecule has 0 saturated heterocycles. The molecule has 2 aromatic rings. The molecule has 0 bridgehead atoms. The number of amides is 2. The predicted molar refractivity (Wildman–Crippen MR) is 101 cm³/mol. The highest BCUT2D eigenvalue weighted by molar-refractivity contribution is 9.10. The highest BCUT2D eigenvalue weighted by Crippen LogP contribution is 2.21. The number of nitrogens with zero attached hydrogens (tertiary/aromatic N) is 1. The van der Waals surface area contributed by atoms with Gasteiger partial charge in [0.2, 0.25) is 0 Å². The maximum absolute atomic E-state index is 11.9. The van der Waals surface area contributed by atoms with Crippen LogP contribution in [-0.4, -0.2) is 25.1 Å². The smallest absolute Gasteiger partial charge is 0.329 e. The van der Waals surface area contributed by atoms with E-state index in [1.807, 2.05) is 25.1 Å². The number of nitrogens with one attached hydrogen (secondary N) is 2. The molecule has 2 N–H and O–H groups in total. The first-order valence-corrected chi connectivity index (χ1v) is 8.39. The summed E-state index contributed by atoms with van der Waals surface area (Å²) in [5, 5.41) is 6.31. The topological polar surface area (TPSA) is 79.8 Å². The minimum atomic E-state index is -0.857. The van der Waals surface area contributed by atoms with E-state index in [0.717, 1.165) is 16.5 Å². The molecular formula is C18H18BrN3O3. The average molecular weight is 404 g/mol. The maximum Gasteiger partial charge on any atom is 0.329 e. The number of carbonyl (C=O) groups excluding carboxylic acids is 2. The van der Waals surface area contributed by atoms with E-state index in [-0.39, 0.29) is 0 Å². The van der Waals surface area contributed by atoms with Gasteiger partial charge in [0.25, 0.3) is 0 Å². The van der Waals surface area contributed by atoms with Crippen molar-refractivity contribution in [1.29, 1.82) is 0 Å². The van der Waals surface area contributed by atoms with Gasteiger partial charge in [0, 0.05) is 15.7 Å². The second-order valence-corrected chi connectivity index (χ2v) is 6.01. The zero-order valence-electron chi connectivity index (χ0n) is 13.9. The number of carbonyl (C=O) groups is 2. The number of rotatable bonds is 5. The number of anilines is 1. The summed E-state index contributed by atoms with van der Waals surface area (Å²) in [6.07, 6.45) is 2.31. The van der Waals surface area contributed by atoms with Crippen LogP contribution < -0.4 is 15.5 Å². The molecule has 0 aliphatic rings. The van der Waals surface area contributed by atoms with Crippen LogP contribution in [0.15, 0.2) is 52.0 Å². The molecule has 0 aliphatic carbocycles. The van der Waals surface area contributed by atoms with E-state index in [1.165, 1.54) is 13.3 Å². The summed E-state index contributed by atoms with van der Waals surface area (Å²) in [7, 11) is 1.54. The molecule has 2 aromatic carbocycles. The summed E-state index contributed by atoms with van der Waals surface area (Å²) in [6, 6.07) is 12.7. The molecule has 0 spiro atoms. The monoisotopic (exact) mass is 403 g/mol. The van der Waals surface area contributed by atoms with Gasteiger partial charge in [-0.15, -0.1) is 0 Å². The molecule has 2 amide bonds. The third-order valence-electron chi connectivity index (χ3n) is 3.39. The van der Waals surface area contributed by atoms with Crippen LogP contribution in [0.1, 0.15) is 18.1 Å². The van der Waals surface area contributed by atoms with Gasteiger partial charge in [0.1, 0.15) is 5.75 Å². The van der Waals surface area contributed by atoms with Crippen LogP contribution in [0.3, 0.4) is 0 Å². The van der Waals surface area contributed by atoms with Crippen molar-refractivity contribution < 1.29 is 14.3 Å². The average Bonchev–Trinajstić information content (AvgIpc) is 2.62. The Morgan fingerprint density at radius 1 is 1.16 bits per heavy atom. The normalized spacial score (nSPS) is 10.5. The van der Waals surface area contributed by atoms with Gasteiger partial charge in [-0.3, -0.25) is 9.59 Å². The van der Waals surface area contributed by atoms with Gasteiger partial charge in [-0.25, -0.2) is 5.43 Å². The van der Waals surface area contributed by atoms with Crippen molar-refractivity contribution in [3.8, 4) is 5.75 Å². The van der Waals surface area contributed by atoms with Gasteiger partial charge in [0.15, 0.2) is 0 Å². The molecule has 6 nitrogen and oxygen atoms in total. The fourth-order valence-corrected chi connectivity index (χ4v) is 2.41. The van der Waals surface area contributed by atoms with Crippen molar-refractivity contribution in [2.75, 3.05) is 12.4 Å². The largest absolute Gasteiger partial charge is 0.496 e. The summed E-state index contributed by atoms with van der Waals surface area (Å²) in [4.78, 5) is 23.7. The van der Waals surface area contributed by atoms with E-state index in [4.69, 9.17) is 4.74 Å². The van der Waals surface area contributed by atoms with Gasteiger partial charge in [0.05, 0.1) is 13.3 Å². The van der Waals surface area contributed by atoms with Crippen molar-refractivity contribution in [1.82, 2.24) is 5.43 Å². The molecule has 2 rings (SSSR count). The number of benzene rings is 2. The first kappa shape index (κ1) is 18.7. The van der Waals surface area contributed by atoms with Gasteiger partial charge >= 0.3 is 11.8 Å². The molecule has 0 heterocycles. The lowest BCUT2D eigenvalue weighted by Gasteiger charge is -2.06. The first-order chi connectivity index (χ1) is 12.0. The molecule has 7 heteroatoms. The van der Waals surface area contributed by atoms with E-state index in [2.05, 4.69) is 31.8 Å². The molecule has 0 unspecified atom stereocenters. The summed E-state index contributed by atoms with van der Waals surface area (Å²) >= 11 is 3.35. The molecule has 0 saturated carbocycles. The fourth-order valence-electron chi connectivity index (χ4n) is 2.03. The van der Waals surface area contributed by atoms with E-state index >= 15 is 0 Å². The summed E-state index contributed by atoms with van der Waals surface area (Å²) in [5.74, 6) is -1.05. The molecule has 25 heavy (non-hydrogen) atoms. The molecule has 0 aliphatic heterocycles. The second kappa shape index (κ2) is 8.98. The lowest BCUT2D eigenvalue weighted by molar-refractivity contribution is -0.136. The van der Waals surface area contributed by atoms with Crippen molar-refractivity contribution in [3.63, 3.8) is 0 Å². The third-order valence-corrected chi connectivity index (χ3v) is 3.88. The Bertz CT molecular complexity index is 789. The number of methoxy groups -OCH3 is 1. The number of hydrazone groups is 1. The SMILES string of the molecule is CCc1ccc(NC(=O)C(=O)N/N=C\c2cc(Br)ccc2OC)cc1. The third kappa shape index (κ3) is 5.42. The molecule has 130 valence electrons. The molecule has 0 aromatic heterocycles. The van der Waals surface area contributed by atoms with Crippen molar-refractivity contribution in [2.45, 2.75) is 13.3 Å². The summed E-state index contributed by atoms with van der Waals surface area (Å²) in [6.45, 7) is 2.04. The first-order valence-electron chi connectivity index (χ1n) is 7.60. The number of hydrogen-bond acceptors (Lipinski definition) is 4. The minimum Gasteiger partial charge on any atom is -0.496 e. The zero-order chi connectivity index (χ0) is 18.2. The van der Waals surface area contributed by atoms with Gasteiger partial charge in [-0.2, -0.15) is 5.10 Å². The van der Waals surface area contributed by atoms with E-state index in [1.54, 1.807) is 24.3 Å². The molecule has 0 radical (unpaired) electrons. The van der Waals surface area contributed by atoms with Crippen LogP contribution in [-0.2, 0) is 16.0 Å². The van der Waals surface area contributed by atoms with Crippen molar-refractivity contribution in [3.05, 3.63) is 58.1 Å². The van der Waals surface area contributed by atoms with Crippen LogP contribution in [0.5, 0.6) is 5.75 Å². The lowest BCUT2D eigenvalue weighted by atomic mass is 10.1. The van der Waals surface area contributed by atoms with E-state index in [9.17, 15) is 9.59 Å². The Morgan fingerprint density at radius 2 is 1.88 bits per heavy atom. The number of aryl methyl sites for hydroxylation is 1. The van der Waals surface area contributed by atoms with E-state index in [0.29, 0.717) is 17.0 Å². The quantitative estimate of drug-likeness (QED) is 0.457. The van der Waals surface area contributed by atoms with E-state index < -0.39 is 11.8 Å². The number of ether oxygens (including phenoxy) is 1. The van der Waals surface area contributed by atoms with Crippen molar-refractivity contribution >= 4 is 39.6 Å². The lowest BCUT2D eigenvalue weighted by Crippen LogP contribution is -2.32. The van der Waals surface area contributed by atoms with Crippen LogP contribution in [0.25, 0.3) is 0 Å². The van der Waals surface area contributed by atoms with Crippen LogP contribution in [0.4, 0.5) is 5.69 Å². The highest BCUT2D eigenvalue weighted by atomic mass is 79.9. The molecule has 0 atom stereocenters. The number of halogens is 1. The van der Waals surface area contributed by atoms with Crippen molar-refractivity contribution in [2.24, 2.45) is 5.10 Å². The Kier molecular flexibility index (Phi) is 6.71. The standard InChI is InChI=1S/C18H18BrN3O3/c1-3-12-4-7-15(8-5-12)21-17(23)18(24)22-20-11-13-10-14(19)6-9-16(13)25-2/h4-11H,3H2,1-2H3,(H,21,23)(H,22,24)/b20-11-. The van der Waals surface area contributed by atoms with Crippen LogP contribution in [0, 0.1) is 0 Å². The Hall–Kier alpha value is -2.67. The Balaban J connectivity index is 1.94. The summed E-state index contributed by atoms with van der Waals surface area (Å²) < 4.78 is 6.04. The maximum atomic E-state index is 11.9. The Labute approximate surface area is 154 Å². The number of hydrogen-bond donors (Lipinski definition) is 2. The predicted octanol–water partition coefficient (Wildman–Crippen LogP) is 3.11. The second-order valence-electron chi connectivity index (χ2n) is 5.09. The molecular weight excluding hydrogens is 386 g/mol. The van der Waals surface area contributed by atoms with Gasteiger partial charge in [-0.1, -0.05) is 35.0 Å². The minimum absolute atomic E-state index is 0.551.